The highest BCUT2D eigenvalue weighted by Crippen LogP contribution is 2.21. The first kappa shape index (κ1) is 14.6. The van der Waals surface area contributed by atoms with Gasteiger partial charge in [0.1, 0.15) is 6.04 Å². The van der Waals surface area contributed by atoms with Gasteiger partial charge >= 0.3 is 0 Å². The zero-order valence-electron chi connectivity index (χ0n) is 11.5. The molecule has 4 heteroatoms. The third-order valence-electron chi connectivity index (χ3n) is 2.97. The summed E-state index contributed by atoms with van der Waals surface area (Å²) in [7, 11) is 3.77. The number of likely N-dealkylation sites (N-methyl/N-ethyl adjacent to an activating group) is 1. The van der Waals surface area contributed by atoms with Crippen molar-refractivity contribution in [1.29, 1.82) is 0 Å². The molecule has 0 aliphatic rings. The van der Waals surface area contributed by atoms with E-state index in [1.165, 1.54) is 0 Å². The van der Waals surface area contributed by atoms with Crippen LogP contribution in [0.4, 0.5) is 5.69 Å². The Kier molecular flexibility index (Phi) is 4.77. The first-order valence-corrected chi connectivity index (χ1v) is 6.73. The molecular formula is C16H17ClN2O. The van der Waals surface area contributed by atoms with Crippen LogP contribution in [0.3, 0.4) is 0 Å². The largest absolute Gasteiger partial charge is 0.324 e. The van der Waals surface area contributed by atoms with Crippen LogP contribution in [0.5, 0.6) is 0 Å². The number of halogens is 1. The number of hydrogen-bond donors (Lipinski definition) is 1. The highest BCUT2D eigenvalue weighted by molar-refractivity contribution is 6.30. The number of carbonyl (C=O) groups excluding carboxylic acids is 1. The lowest BCUT2D eigenvalue weighted by molar-refractivity contribution is -0.120. The smallest absolute Gasteiger partial charge is 0.246 e. The lowest BCUT2D eigenvalue weighted by Gasteiger charge is -2.23. The molecule has 0 spiro atoms. The molecule has 1 N–H and O–H groups in total. The van der Waals surface area contributed by atoms with E-state index in [1.807, 2.05) is 61.5 Å². The van der Waals surface area contributed by atoms with E-state index in [2.05, 4.69) is 5.32 Å². The molecule has 1 atom stereocenters. The van der Waals surface area contributed by atoms with Crippen LogP contribution < -0.4 is 5.32 Å². The molecule has 0 radical (unpaired) electrons. The predicted octanol–water partition coefficient (Wildman–Crippen LogP) is 3.58. The Morgan fingerprint density at radius 3 is 2.40 bits per heavy atom. The van der Waals surface area contributed by atoms with E-state index in [0.29, 0.717) is 10.7 Å². The van der Waals surface area contributed by atoms with Crippen LogP contribution in [-0.2, 0) is 4.79 Å². The van der Waals surface area contributed by atoms with Gasteiger partial charge in [-0.25, -0.2) is 0 Å². The van der Waals surface area contributed by atoms with E-state index in [9.17, 15) is 4.79 Å². The van der Waals surface area contributed by atoms with Crippen molar-refractivity contribution in [2.24, 2.45) is 0 Å². The van der Waals surface area contributed by atoms with Crippen molar-refractivity contribution in [3.8, 4) is 0 Å². The topological polar surface area (TPSA) is 32.3 Å². The summed E-state index contributed by atoms with van der Waals surface area (Å²) in [5.41, 5.74) is 1.65. The van der Waals surface area contributed by atoms with Gasteiger partial charge in [-0.05, 0) is 37.9 Å². The van der Waals surface area contributed by atoms with Gasteiger partial charge in [-0.1, -0.05) is 48.0 Å². The van der Waals surface area contributed by atoms with Crippen LogP contribution in [-0.4, -0.2) is 24.9 Å². The minimum Gasteiger partial charge on any atom is -0.324 e. The van der Waals surface area contributed by atoms with Gasteiger partial charge in [0.05, 0.1) is 0 Å². The monoisotopic (exact) mass is 288 g/mol. The van der Waals surface area contributed by atoms with Gasteiger partial charge < -0.3 is 5.32 Å². The van der Waals surface area contributed by atoms with Gasteiger partial charge in [0.2, 0.25) is 5.91 Å². The van der Waals surface area contributed by atoms with Gasteiger partial charge in [-0.3, -0.25) is 9.69 Å². The molecule has 2 aromatic carbocycles. The molecule has 2 aromatic rings. The van der Waals surface area contributed by atoms with Crippen molar-refractivity contribution < 1.29 is 4.79 Å². The Hall–Kier alpha value is -1.84. The second kappa shape index (κ2) is 6.55. The van der Waals surface area contributed by atoms with Crippen LogP contribution >= 0.6 is 11.6 Å². The van der Waals surface area contributed by atoms with Crippen LogP contribution in [0, 0.1) is 0 Å². The average Bonchev–Trinajstić information content (AvgIpc) is 2.39. The standard InChI is InChI=1S/C16H17ClN2O/c1-19(2)15(12-7-4-3-5-8-12)16(20)18-14-10-6-9-13(17)11-14/h3-11,15H,1-2H3,(H,18,20). The molecule has 3 nitrogen and oxygen atoms in total. The number of hydrogen-bond acceptors (Lipinski definition) is 2. The zero-order chi connectivity index (χ0) is 14.5. The zero-order valence-corrected chi connectivity index (χ0v) is 12.3. The Morgan fingerprint density at radius 2 is 1.80 bits per heavy atom. The summed E-state index contributed by atoms with van der Waals surface area (Å²) in [4.78, 5) is 14.4. The molecule has 2 rings (SSSR count). The van der Waals surface area contributed by atoms with E-state index in [4.69, 9.17) is 11.6 Å². The van der Waals surface area contributed by atoms with Crippen LogP contribution in [0.25, 0.3) is 0 Å². The predicted molar refractivity (Wildman–Crippen MR) is 83.0 cm³/mol. The van der Waals surface area contributed by atoms with Crippen molar-refractivity contribution in [2.75, 3.05) is 19.4 Å². The molecule has 104 valence electrons. The molecule has 0 fully saturated rings. The summed E-state index contributed by atoms with van der Waals surface area (Å²) < 4.78 is 0. The second-order valence-electron chi connectivity index (χ2n) is 4.78. The minimum atomic E-state index is -0.338. The molecule has 0 aliphatic heterocycles. The van der Waals surface area contributed by atoms with Gasteiger partial charge in [0.15, 0.2) is 0 Å². The molecule has 0 saturated carbocycles. The van der Waals surface area contributed by atoms with Crippen LogP contribution in [0.2, 0.25) is 5.02 Å². The van der Waals surface area contributed by atoms with Crippen molar-refractivity contribution in [2.45, 2.75) is 6.04 Å². The number of carbonyl (C=O) groups is 1. The fraction of sp³-hybridized carbons (Fsp3) is 0.188. The molecule has 0 bridgehead atoms. The first-order chi connectivity index (χ1) is 9.58. The molecule has 0 heterocycles. The van der Waals surface area contributed by atoms with E-state index < -0.39 is 0 Å². The third-order valence-corrected chi connectivity index (χ3v) is 3.21. The van der Waals surface area contributed by atoms with Crippen LogP contribution in [0.15, 0.2) is 54.6 Å². The highest BCUT2D eigenvalue weighted by atomic mass is 35.5. The molecule has 1 amide bonds. The Labute approximate surface area is 124 Å². The normalized spacial score (nSPS) is 12.2. The lowest BCUT2D eigenvalue weighted by Crippen LogP contribution is -2.32. The summed E-state index contributed by atoms with van der Waals surface area (Å²) in [6.45, 7) is 0. The number of benzene rings is 2. The Bertz CT molecular complexity index is 584. The minimum absolute atomic E-state index is 0.0801. The second-order valence-corrected chi connectivity index (χ2v) is 5.21. The molecule has 0 aromatic heterocycles. The summed E-state index contributed by atoms with van der Waals surface area (Å²) >= 11 is 5.93. The molecule has 20 heavy (non-hydrogen) atoms. The lowest BCUT2D eigenvalue weighted by atomic mass is 10.1. The van der Waals surface area contributed by atoms with E-state index in [1.54, 1.807) is 12.1 Å². The maximum Gasteiger partial charge on any atom is 0.246 e. The Balaban J connectivity index is 2.20. The van der Waals surface area contributed by atoms with E-state index >= 15 is 0 Å². The highest BCUT2D eigenvalue weighted by Gasteiger charge is 2.22. The average molecular weight is 289 g/mol. The summed E-state index contributed by atoms with van der Waals surface area (Å²) in [5.74, 6) is -0.0801. The fourth-order valence-corrected chi connectivity index (χ4v) is 2.29. The summed E-state index contributed by atoms with van der Waals surface area (Å²) in [6, 6.07) is 16.5. The maximum atomic E-state index is 12.5. The van der Waals surface area contributed by atoms with E-state index in [-0.39, 0.29) is 11.9 Å². The molecule has 0 aliphatic carbocycles. The first-order valence-electron chi connectivity index (χ1n) is 6.36. The number of rotatable bonds is 4. The SMILES string of the molecule is CN(C)C(C(=O)Nc1cccc(Cl)c1)c1ccccc1. The molecule has 1 unspecified atom stereocenters. The Morgan fingerprint density at radius 1 is 1.10 bits per heavy atom. The van der Waals surface area contributed by atoms with Gasteiger partial charge in [-0.2, -0.15) is 0 Å². The van der Waals surface area contributed by atoms with Crippen molar-refractivity contribution >= 4 is 23.2 Å². The number of anilines is 1. The summed E-state index contributed by atoms with van der Waals surface area (Å²) in [6.07, 6.45) is 0. The van der Waals surface area contributed by atoms with Crippen molar-refractivity contribution in [3.05, 3.63) is 65.2 Å². The fourth-order valence-electron chi connectivity index (χ4n) is 2.10. The van der Waals surface area contributed by atoms with Crippen molar-refractivity contribution in [1.82, 2.24) is 4.90 Å². The van der Waals surface area contributed by atoms with Gasteiger partial charge in [0.25, 0.3) is 0 Å². The van der Waals surface area contributed by atoms with Gasteiger partial charge in [-0.15, -0.1) is 0 Å². The summed E-state index contributed by atoms with van der Waals surface area (Å²) in [5, 5.41) is 3.50. The number of nitrogens with one attached hydrogen (secondary N) is 1. The number of amides is 1. The quantitative estimate of drug-likeness (QED) is 0.932. The molecular weight excluding hydrogens is 272 g/mol. The maximum absolute atomic E-state index is 12.5. The van der Waals surface area contributed by atoms with Crippen molar-refractivity contribution in [3.63, 3.8) is 0 Å². The van der Waals surface area contributed by atoms with Gasteiger partial charge in [0, 0.05) is 10.7 Å². The third kappa shape index (κ3) is 3.59. The van der Waals surface area contributed by atoms with Crippen LogP contribution in [0.1, 0.15) is 11.6 Å². The molecule has 0 saturated heterocycles. The van der Waals surface area contributed by atoms with E-state index in [0.717, 1.165) is 5.56 Å². The number of nitrogens with zero attached hydrogens (tertiary/aromatic N) is 1.